The number of para-hydroxylation sites is 3. The summed E-state index contributed by atoms with van der Waals surface area (Å²) in [5.41, 5.74) is 4.47. The predicted octanol–water partition coefficient (Wildman–Crippen LogP) is 1.58. The first-order valence-corrected chi connectivity index (χ1v) is 7.94. The molecule has 0 unspecified atom stereocenters. The van der Waals surface area contributed by atoms with E-state index in [0.717, 1.165) is 0 Å². The Morgan fingerprint density at radius 2 is 1.81 bits per heavy atom. The average molecular weight is 360 g/mol. The molecular formula is C18H17FN2O5. The van der Waals surface area contributed by atoms with E-state index in [1.807, 2.05) is 0 Å². The maximum absolute atomic E-state index is 13.5. The van der Waals surface area contributed by atoms with Crippen LogP contribution in [-0.2, 0) is 9.59 Å². The zero-order valence-corrected chi connectivity index (χ0v) is 13.9. The third-order valence-electron chi connectivity index (χ3n) is 3.62. The highest BCUT2D eigenvalue weighted by molar-refractivity contribution is 5.86. The van der Waals surface area contributed by atoms with Crippen LogP contribution in [0.15, 0.2) is 48.5 Å². The fourth-order valence-electron chi connectivity index (χ4n) is 2.24. The Morgan fingerprint density at radius 3 is 2.58 bits per heavy atom. The second-order valence-electron chi connectivity index (χ2n) is 5.53. The summed E-state index contributed by atoms with van der Waals surface area (Å²) in [7, 11) is 0. The Bertz CT molecular complexity index is 814. The van der Waals surface area contributed by atoms with Crippen molar-refractivity contribution in [3.8, 4) is 17.2 Å². The molecular weight excluding hydrogens is 343 g/mol. The Morgan fingerprint density at radius 1 is 1.12 bits per heavy atom. The molecule has 1 aliphatic rings. The van der Waals surface area contributed by atoms with Gasteiger partial charge in [-0.05, 0) is 31.2 Å². The van der Waals surface area contributed by atoms with Gasteiger partial charge in [-0.1, -0.05) is 24.3 Å². The van der Waals surface area contributed by atoms with Crippen LogP contribution in [-0.4, -0.2) is 30.6 Å². The van der Waals surface area contributed by atoms with Crippen LogP contribution in [0.2, 0.25) is 0 Å². The minimum Gasteiger partial charge on any atom is -0.485 e. The number of benzene rings is 2. The molecule has 0 fully saturated rings. The smallest absolute Gasteiger partial charge is 0.283 e. The third-order valence-corrected chi connectivity index (χ3v) is 3.62. The first-order chi connectivity index (χ1) is 12.5. The second kappa shape index (κ2) is 7.73. The zero-order valence-electron chi connectivity index (χ0n) is 13.9. The highest BCUT2D eigenvalue weighted by atomic mass is 19.1. The molecule has 2 aromatic carbocycles. The number of halogens is 1. The Balaban J connectivity index is 1.50. The van der Waals surface area contributed by atoms with E-state index in [1.165, 1.54) is 25.1 Å². The quantitative estimate of drug-likeness (QED) is 0.809. The van der Waals surface area contributed by atoms with Crippen molar-refractivity contribution < 1.29 is 28.2 Å². The number of rotatable bonds is 4. The van der Waals surface area contributed by atoms with Gasteiger partial charge in [-0.15, -0.1) is 0 Å². The molecule has 0 saturated carbocycles. The van der Waals surface area contributed by atoms with Gasteiger partial charge >= 0.3 is 0 Å². The summed E-state index contributed by atoms with van der Waals surface area (Å²) in [5.74, 6) is -0.858. The van der Waals surface area contributed by atoms with Crippen LogP contribution in [0.25, 0.3) is 0 Å². The lowest BCUT2D eigenvalue weighted by Crippen LogP contribution is -2.53. The predicted molar refractivity (Wildman–Crippen MR) is 89.1 cm³/mol. The minimum atomic E-state index is -1.02. The number of hydrogen-bond acceptors (Lipinski definition) is 5. The van der Waals surface area contributed by atoms with Crippen LogP contribution in [0.3, 0.4) is 0 Å². The van der Waals surface area contributed by atoms with Crippen molar-refractivity contribution in [2.24, 2.45) is 0 Å². The van der Waals surface area contributed by atoms with E-state index in [4.69, 9.17) is 14.2 Å². The molecule has 1 heterocycles. The Hall–Kier alpha value is -3.29. The number of amides is 2. The fourth-order valence-corrected chi connectivity index (χ4v) is 2.24. The summed E-state index contributed by atoms with van der Waals surface area (Å²) in [6.45, 7) is 1.45. The maximum atomic E-state index is 13.5. The van der Waals surface area contributed by atoms with Crippen LogP contribution in [0.5, 0.6) is 17.2 Å². The Labute approximate surface area is 149 Å². The van der Waals surface area contributed by atoms with Gasteiger partial charge in [0.2, 0.25) is 6.10 Å². The van der Waals surface area contributed by atoms with Gasteiger partial charge in [-0.25, -0.2) is 4.39 Å². The number of fused-ring (bicyclic) bond motifs is 1. The standard InChI is InChI=1S/C18H17FN2O5/c1-11(25-13-7-3-2-6-12(13)19)17(22)20-21-18(23)16-10-24-14-8-4-5-9-15(14)26-16/h2-9,11,16H,10H2,1H3,(H,20,22)(H,21,23)/t11-,16+/m1/s1. The third kappa shape index (κ3) is 4.02. The van der Waals surface area contributed by atoms with Crippen molar-refractivity contribution in [2.75, 3.05) is 6.61 Å². The van der Waals surface area contributed by atoms with Crippen molar-refractivity contribution in [3.63, 3.8) is 0 Å². The average Bonchev–Trinajstić information content (AvgIpc) is 2.67. The molecule has 0 saturated heterocycles. The van der Waals surface area contributed by atoms with Gasteiger partial charge in [0.1, 0.15) is 6.61 Å². The molecule has 2 aromatic rings. The van der Waals surface area contributed by atoms with E-state index in [0.29, 0.717) is 11.5 Å². The SMILES string of the molecule is C[C@@H](Oc1ccccc1F)C(=O)NNC(=O)[C@@H]1COc2ccccc2O1. The normalized spacial score (nSPS) is 16.3. The number of hydrazine groups is 1. The molecule has 0 aliphatic carbocycles. The molecule has 1 aliphatic heterocycles. The van der Waals surface area contributed by atoms with Crippen LogP contribution < -0.4 is 25.1 Å². The molecule has 26 heavy (non-hydrogen) atoms. The van der Waals surface area contributed by atoms with E-state index < -0.39 is 29.8 Å². The van der Waals surface area contributed by atoms with Crippen molar-refractivity contribution in [1.82, 2.24) is 10.9 Å². The van der Waals surface area contributed by atoms with E-state index in [1.54, 1.807) is 30.3 Å². The van der Waals surface area contributed by atoms with Gasteiger partial charge in [-0.2, -0.15) is 0 Å². The van der Waals surface area contributed by atoms with E-state index in [-0.39, 0.29) is 12.4 Å². The molecule has 0 radical (unpaired) electrons. The first-order valence-electron chi connectivity index (χ1n) is 7.94. The number of nitrogens with one attached hydrogen (secondary N) is 2. The minimum absolute atomic E-state index is 0.0139. The highest BCUT2D eigenvalue weighted by Gasteiger charge is 2.28. The summed E-state index contributed by atoms with van der Waals surface area (Å²) in [5, 5.41) is 0. The van der Waals surface area contributed by atoms with Crippen LogP contribution in [0.1, 0.15) is 6.92 Å². The summed E-state index contributed by atoms with van der Waals surface area (Å²) in [6.07, 6.45) is -1.93. The van der Waals surface area contributed by atoms with Gasteiger partial charge < -0.3 is 14.2 Å². The monoisotopic (exact) mass is 360 g/mol. The molecule has 0 bridgehead atoms. The van der Waals surface area contributed by atoms with E-state index in [2.05, 4.69) is 10.9 Å². The zero-order chi connectivity index (χ0) is 18.5. The molecule has 0 aromatic heterocycles. The largest absolute Gasteiger partial charge is 0.485 e. The molecule has 8 heteroatoms. The molecule has 3 rings (SSSR count). The number of ether oxygens (including phenoxy) is 3. The lowest BCUT2D eigenvalue weighted by Gasteiger charge is -2.25. The van der Waals surface area contributed by atoms with Crippen molar-refractivity contribution in [3.05, 3.63) is 54.3 Å². The van der Waals surface area contributed by atoms with Crippen LogP contribution in [0.4, 0.5) is 4.39 Å². The number of carbonyl (C=O) groups excluding carboxylic acids is 2. The molecule has 136 valence electrons. The summed E-state index contributed by atoms with van der Waals surface area (Å²) >= 11 is 0. The highest BCUT2D eigenvalue weighted by Crippen LogP contribution is 2.30. The molecule has 7 nitrogen and oxygen atoms in total. The van der Waals surface area contributed by atoms with Crippen molar-refractivity contribution in [2.45, 2.75) is 19.1 Å². The van der Waals surface area contributed by atoms with Gasteiger partial charge in [-0.3, -0.25) is 20.4 Å². The van der Waals surface area contributed by atoms with Gasteiger partial charge in [0, 0.05) is 0 Å². The Kier molecular flexibility index (Phi) is 5.21. The summed E-state index contributed by atoms with van der Waals surface area (Å²) < 4.78 is 29.7. The molecule has 2 atom stereocenters. The van der Waals surface area contributed by atoms with Crippen LogP contribution >= 0.6 is 0 Å². The van der Waals surface area contributed by atoms with E-state index in [9.17, 15) is 14.0 Å². The molecule has 2 amide bonds. The lowest BCUT2D eigenvalue weighted by atomic mass is 10.2. The number of carbonyl (C=O) groups is 2. The molecule has 2 N–H and O–H groups in total. The second-order valence-corrected chi connectivity index (χ2v) is 5.53. The first kappa shape index (κ1) is 17.5. The van der Waals surface area contributed by atoms with Gasteiger partial charge in [0.15, 0.2) is 29.2 Å². The van der Waals surface area contributed by atoms with Crippen molar-refractivity contribution in [1.29, 1.82) is 0 Å². The lowest BCUT2D eigenvalue weighted by molar-refractivity contribution is -0.137. The van der Waals surface area contributed by atoms with Crippen molar-refractivity contribution >= 4 is 11.8 Å². The topological polar surface area (TPSA) is 85.9 Å². The summed E-state index contributed by atoms with van der Waals surface area (Å²) in [6, 6.07) is 12.7. The maximum Gasteiger partial charge on any atom is 0.283 e. The van der Waals surface area contributed by atoms with E-state index >= 15 is 0 Å². The van der Waals surface area contributed by atoms with Crippen LogP contribution in [0, 0.1) is 5.82 Å². The fraction of sp³-hybridized carbons (Fsp3) is 0.222. The van der Waals surface area contributed by atoms with Gasteiger partial charge in [0.05, 0.1) is 0 Å². The van der Waals surface area contributed by atoms with Gasteiger partial charge in [0.25, 0.3) is 11.8 Å². The molecule has 0 spiro atoms. The summed E-state index contributed by atoms with van der Waals surface area (Å²) in [4.78, 5) is 24.1. The number of hydrogen-bond donors (Lipinski definition) is 2.